The highest BCUT2D eigenvalue weighted by Crippen LogP contribution is 2.23. The highest BCUT2D eigenvalue weighted by molar-refractivity contribution is 5.95. The Morgan fingerprint density at radius 1 is 1.09 bits per heavy atom. The Morgan fingerprint density at radius 3 is 2.43 bits per heavy atom. The van der Waals surface area contributed by atoms with Crippen molar-refractivity contribution in [2.75, 3.05) is 13.1 Å². The zero-order valence-electron chi connectivity index (χ0n) is 12.6. The maximum atomic E-state index is 14.4. The van der Waals surface area contributed by atoms with Gasteiger partial charge >= 0.3 is 0 Å². The van der Waals surface area contributed by atoms with Crippen molar-refractivity contribution in [3.8, 4) is 11.1 Å². The summed E-state index contributed by atoms with van der Waals surface area (Å²) in [7, 11) is 0. The van der Waals surface area contributed by atoms with Crippen molar-refractivity contribution in [2.24, 2.45) is 5.73 Å². The van der Waals surface area contributed by atoms with Crippen LogP contribution in [-0.2, 0) is 0 Å². The Bertz CT molecular complexity index is 715. The molecule has 1 fully saturated rings. The molecule has 0 spiro atoms. The number of rotatable bonds is 2. The van der Waals surface area contributed by atoms with E-state index in [9.17, 15) is 13.6 Å². The largest absolute Gasteiger partial charge is 0.337 e. The van der Waals surface area contributed by atoms with Crippen LogP contribution in [0.5, 0.6) is 0 Å². The van der Waals surface area contributed by atoms with Crippen LogP contribution < -0.4 is 5.73 Å². The van der Waals surface area contributed by atoms with Crippen LogP contribution in [0.3, 0.4) is 0 Å². The van der Waals surface area contributed by atoms with E-state index in [2.05, 4.69) is 0 Å². The molecule has 120 valence electrons. The molecule has 23 heavy (non-hydrogen) atoms. The third kappa shape index (κ3) is 3.40. The number of likely N-dealkylation sites (tertiary alicyclic amines) is 1. The molecule has 1 amide bonds. The van der Waals surface area contributed by atoms with E-state index in [0.29, 0.717) is 24.2 Å². The molecule has 2 aromatic carbocycles. The van der Waals surface area contributed by atoms with Crippen molar-refractivity contribution in [1.82, 2.24) is 4.90 Å². The van der Waals surface area contributed by atoms with Crippen LogP contribution in [0.1, 0.15) is 23.2 Å². The molecule has 0 aliphatic carbocycles. The van der Waals surface area contributed by atoms with Crippen LogP contribution in [0, 0.1) is 11.6 Å². The second-order valence-electron chi connectivity index (χ2n) is 5.85. The number of halogens is 2. The Balaban J connectivity index is 1.84. The van der Waals surface area contributed by atoms with E-state index in [1.54, 1.807) is 23.1 Å². The lowest BCUT2D eigenvalue weighted by Crippen LogP contribution is -2.45. The summed E-state index contributed by atoms with van der Waals surface area (Å²) in [5.74, 6) is -1.25. The van der Waals surface area contributed by atoms with Gasteiger partial charge in [0, 0.05) is 19.1 Å². The molecule has 0 aromatic heterocycles. The summed E-state index contributed by atoms with van der Waals surface area (Å²) in [6.45, 7) is 1.06. The second kappa shape index (κ2) is 6.46. The van der Waals surface area contributed by atoms with Gasteiger partial charge in [0.1, 0.15) is 11.6 Å². The van der Waals surface area contributed by atoms with Crippen LogP contribution in [0.15, 0.2) is 42.5 Å². The standard InChI is InChI=1S/C18H18F2N2O/c19-14-6-3-12(4-7-14)13-5-8-16(17(20)10-13)18(23)22-9-1-2-15(21)11-22/h3-8,10,15H,1-2,9,11,21H2. The molecule has 1 atom stereocenters. The quantitative estimate of drug-likeness (QED) is 0.925. The fourth-order valence-electron chi connectivity index (χ4n) is 2.88. The maximum absolute atomic E-state index is 14.4. The smallest absolute Gasteiger partial charge is 0.256 e. The molecule has 2 N–H and O–H groups in total. The summed E-state index contributed by atoms with van der Waals surface area (Å²) >= 11 is 0. The van der Waals surface area contributed by atoms with Crippen molar-refractivity contribution < 1.29 is 13.6 Å². The van der Waals surface area contributed by atoms with Gasteiger partial charge in [-0.2, -0.15) is 0 Å². The number of benzene rings is 2. The van der Waals surface area contributed by atoms with Crippen molar-refractivity contribution in [1.29, 1.82) is 0 Å². The van der Waals surface area contributed by atoms with Gasteiger partial charge in [-0.05, 0) is 48.2 Å². The van der Waals surface area contributed by atoms with E-state index >= 15 is 0 Å². The van der Waals surface area contributed by atoms with Gasteiger partial charge in [0.25, 0.3) is 5.91 Å². The third-order valence-electron chi connectivity index (χ3n) is 4.12. The van der Waals surface area contributed by atoms with Gasteiger partial charge in [-0.1, -0.05) is 18.2 Å². The number of hydrogen-bond donors (Lipinski definition) is 1. The molecular weight excluding hydrogens is 298 g/mol. The predicted molar refractivity (Wildman–Crippen MR) is 84.9 cm³/mol. The van der Waals surface area contributed by atoms with Crippen molar-refractivity contribution in [2.45, 2.75) is 18.9 Å². The average molecular weight is 316 g/mol. The maximum Gasteiger partial charge on any atom is 0.256 e. The molecule has 1 aliphatic rings. The molecular formula is C18H18F2N2O. The highest BCUT2D eigenvalue weighted by atomic mass is 19.1. The van der Waals surface area contributed by atoms with Gasteiger partial charge in [0.15, 0.2) is 0 Å². The van der Waals surface area contributed by atoms with Crippen molar-refractivity contribution >= 4 is 5.91 Å². The SMILES string of the molecule is NC1CCCN(C(=O)c2ccc(-c3ccc(F)cc3)cc2F)C1. The summed E-state index contributed by atoms with van der Waals surface area (Å²) < 4.78 is 27.3. The first-order valence-electron chi connectivity index (χ1n) is 7.65. The summed E-state index contributed by atoms with van der Waals surface area (Å²) in [4.78, 5) is 14.0. The molecule has 0 bridgehead atoms. The van der Waals surface area contributed by atoms with Gasteiger partial charge in [0.2, 0.25) is 0 Å². The molecule has 3 rings (SSSR count). The Kier molecular flexibility index (Phi) is 4.39. The number of hydrogen-bond acceptors (Lipinski definition) is 2. The van der Waals surface area contributed by atoms with E-state index in [-0.39, 0.29) is 23.3 Å². The lowest BCUT2D eigenvalue weighted by Gasteiger charge is -2.30. The number of carbonyl (C=O) groups excluding carboxylic acids is 1. The molecule has 1 heterocycles. The van der Waals surface area contributed by atoms with E-state index in [0.717, 1.165) is 12.8 Å². The third-order valence-corrected chi connectivity index (χ3v) is 4.12. The Hall–Kier alpha value is -2.27. The second-order valence-corrected chi connectivity index (χ2v) is 5.85. The van der Waals surface area contributed by atoms with Crippen LogP contribution >= 0.6 is 0 Å². The minimum Gasteiger partial charge on any atom is -0.337 e. The molecule has 0 saturated carbocycles. The molecule has 2 aromatic rings. The van der Waals surface area contributed by atoms with E-state index in [4.69, 9.17) is 5.73 Å². The molecule has 1 aliphatic heterocycles. The van der Waals surface area contributed by atoms with Gasteiger partial charge in [-0.3, -0.25) is 4.79 Å². The zero-order chi connectivity index (χ0) is 16.4. The lowest BCUT2D eigenvalue weighted by atomic mass is 10.0. The predicted octanol–water partition coefficient (Wildman–Crippen LogP) is 3.20. The minimum atomic E-state index is -0.573. The van der Waals surface area contributed by atoms with Gasteiger partial charge in [0.05, 0.1) is 5.56 Å². The van der Waals surface area contributed by atoms with Gasteiger partial charge in [-0.15, -0.1) is 0 Å². The van der Waals surface area contributed by atoms with Crippen LogP contribution in [-0.4, -0.2) is 29.9 Å². The van der Waals surface area contributed by atoms with E-state index in [1.807, 2.05) is 0 Å². The summed E-state index contributed by atoms with van der Waals surface area (Å²) in [6.07, 6.45) is 1.72. The molecule has 1 unspecified atom stereocenters. The summed E-state index contributed by atoms with van der Waals surface area (Å²) in [5.41, 5.74) is 7.22. The molecule has 3 nitrogen and oxygen atoms in total. The lowest BCUT2D eigenvalue weighted by molar-refractivity contribution is 0.0704. The Labute approximate surface area is 133 Å². The number of piperidine rings is 1. The normalized spacial score (nSPS) is 18.0. The minimum absolute atomic E-state index is 0.0463. The number of nitrogens with two attached hydrogens (primary N) is 1. The number of amides is 1. The van der Waals surface area contributed by atoms with Crippen LogP contribution in [0.4, 0.5) is 8.78 Å². The molecule has 0 radical (unpaired) electrons. The first kappa shape index (κ1) is 15.6. The summed E-state index contributed by atoms with van der Waals surface area (Å²) in [6, 6.07) is 10.2. The first-order valence-corrected chi connectivity index (χ1v) is 7.65. The van der Waals surface area contributed by atoms with Gasteiger partial charge < -0.3 is 10.6 Å². The number of carbonyl (C=O) groups is 1. The van der Waals surface area contributed by atoms with Gasteiger partial charge in [-0.25, -0.2) is 8.78 Å². The summed E-state index contributed by atoms with van der Waals surface area (Å²) in [5, 5.41) is 0. The first-order chi connectivity index (χ1) is 11.0. The van der Waals surface area contributed by atoms with Crippen LogP contribution in [0.2, 0.25) is 0 Å². The van der Waals surface area contributed by atoms with Crippen molar-refractivity contribution in [3.63, 3.8) is 0 Å². The highest BCUT2D eigenvalue weighted by Gasteiger charge is 2.24. The average Bonchev–Trinajstić information content (AvgIpc) is 2.55. The molecule has 1 saturated heterocycles. The topological polar surface area (TPSA) is 46.3 Å². The molecule has 5 heteroatoms. The zero-order valence-corrected chi connectivity index (χ0v) is 12.6. The van der Waals surface area contributed by atoms with Crippen molar-refractivity contribution in [3.05, 3.63) is 59.7 Å². The fraction of sp³-hybridized carbons (Fsp3) is 0.278. The fourth-order valence-corrected chi connectivity index (χ4v) is 2.88. The monoisotopic (exact) mass is 316 g/mol. The Morgan fingerprint density at radius 2 is 1.78 bits per heavy atom. The van der Waals surface area contributed by atoms with E-state index < -0.39 is 5.82 Å². The van der Waals surface area contributed by atoms with E-state index in [1.165, 1.54) is 24.3 Å². The van der Waals surface area contributed by atoms with Crippen LogP contribution in [0.25, 0.3) is 11.1 Å². The number of nitrogens with zero attached hydrogens (tertiary/aromatic N) is 1.